The predicted octanol–water partition coefficient (Wildman–Crippen LogP) is 2.22. The van der Waals surface area contributed by atoms with E-state index in [1.54, 1.807) is 0 Å². The van der Waals surface area contributed by atoms with Crippen molar-refractivity contribution in [1.29, 1.82) is 0 Å². The zero-order valence-electron chi connectivity index (χ0n) is 9.85. The van der Waals surface area contributed by atoms with Gasteiger partial charge in [0.25, 0.3) is 0 Å². The second-order valence-electron chi connectivity index (χ2n) is 4.59. The van der Waals surface area contributed by atoms with Gasteiger partial charge in [0, 0.05) is 12.1 Å². The van der Waals surface area contributed by atoms with Gasteiger partial charge >= 0.3 is 5.97 Å². The molecule has 1 amide bonds. The monoisotopic (exact) mass is 249 g/mol. The van der Waals surface area contributed by atoms with Gasteiger partial charge in [0.05, 0.1) is 0 Å². The molecule has 5 heteroatoms. The zero-order chi connectivity index (χ0) is 13.1. The van der Waals surface area contributed by atoms with Crippen molar-refractivity contribution in [3.8, 4) is 5.75 Å². The Morgan fingerprint density at radius 2 is 2.06 bits per heavy atom. The average molecular weight is 249 g/mol. The van der Waals surface area contributed by atoms with Crippen LogP contribution in [0.3, 0.4) is 0 Å². The molecule has 0 bridgehead atoms. The normalized spacial score (nSPS) is 14.9. The van der Waals surface area contributed by atoms with E-state index in [1.807, 2.05) is 0 Å². The fourth-order valence-corrected chi connectivity index (χ4v) is 1.96. The Morgan fingerprint density at radius 3 is 2.61 bits per heavy atom. The number of nitrogens with one attached hydrogen (secondary N) is 1. The van der Waals surface area contributed by atoms with Crippen LogP contribution >= 0.6 is 0 Å². The molecular weight excluding hydrogens is 234 g/mol. The lowest BCUT2D eigenvalue weighted by molar-refractivity contribution is -0.117. The third-order valence-electron chi connectivity index (χ3n) is 3.21. The summed E-state index contributed by atoms with van der Waals surface area (Å²) in [5.41, 5.74) is 0.186. The molecule has 1 aromatic rings. The zero-order valence-corrected chi connectivity index (χ0v) is 9.85. The topological polar surface area (TPSA) is 86.6 Å². The van der Waals surface area contributed by atoms with Crippen LogP contribution < -0.4 is 5.32 Å². The molecule has 1 fully saturated rings. The molecule has 0 aliphatic heterocycles. The molecule has 1 aromatic carbocycles. The highest BCUT2D eigenvalue weighted by Gasteiger charge is 2.20. The summed E-state index contributed by atoms with van der Waals surface area (Å²) in [7, 11) is 0. The maximum atomic E-state index is 11.7. The number of hydrogen-bond donors (Lipinski definition) is 3. The molecule has 0 radical (unpaired) electrons. The SMILES string of the molecule is O=C(CC1CCC1)Nc1ccc(O)c(C(=O)O)c1. The highest BCUT2D eigenvalue weighted by Crippen LogP contribution is 2.30. The van der Waals surface area contributed by atoms with Gasteiger partial charge in [0.2, 0.25) is 5.91 Å². The Morgan fingerprint density at radius 1 is 1.33 bits per heavy atom. The Bertz CT molecular complexity index is 480. The standard InChI is InChI=1S/C13H15NO4/c15-11-5-4-9(7-10(11)13(17)18)14-12(16)6-8-2-1-3-8/h4-5,7-8,15H,1-3,6H2,(H,14,16)(H,17,18). The Labute approximate surface area is 104 Å². The van der Waals surface area contributed by atoms with E-state index < -0.39 is 5.97 Å². The summed E-state index contributed by atoms with van der Waals surface area (Å²) in [6.07, 6.45) is 3.83. The number of carboxylic acids is 1. The van der Waals surface area contributed by atoms with Crippen molar-refractivity contribution >= 4 is 17.6 Å². The van der Waals surface area contributed by atoms with E-state index in [4.69, 9.17) is 5.11 Å². The largest absolute Gasteiger partial charge is 0.507 e. The van der Waals surface area contributed by atoms with Crippen molar-refractivity contribution in [2.24, 2.45) is 5.92 Å². The second kappa shape index (κ2) is 5.08. The van der Waals surface area contributed by atoms with Crippen LogP contribution in [0.4, 0.5) is 5.69 Å². The summed E-state index contributed by atoms with van der Waals surface area (Å²) in [5, 5.41) is 20.8. The van der Waals surface area contributed by atoms with Crippen LogP contribution in [0.1, 0.15) is 36.0 Å². The van der Waals surface area contributed by atoms with Crippen LogP contribution in [0.5, 0.6) is 5.75 Å². The molecule has 2 rings (SSSR count). The van der Waals surface area contributed by atoms with Gasteiger partial charge in [-0.1, -0.05) is 6.42 Å². The van der Waals surface area contributed by atoms with E-state index in [2.05, 4.69) is 5.32 Å². The van der Waals surface area contributed by atoms with E-state index in [0.717, 1.165) is 12.8 Å². The Hall–Kier alpha value is -2.04. The van der Waals surface area contributed by atoms with Gasteiger partial charge in [-0.2, -0.15) is 0 Å². The van der Waals surface area contributed by atoms with E-state index in [-0.39, 0.29) is 17.2 Å². The van der Waals surface area contributed by atoms with Crippen LogP contribution in [-0.4, -0.2) is 22.1 Å². The second-order valence-corrected chi connectivity index (χ2v) is 4.59. The third-order valence-corrected chi connectivity index (χ3v) is 3.21. The van der Waals surface area contributed by atoms with Crippen LogP contribution in [0.25, 0.3) is 0 Å². The molecule has 0 aromatic heterocycles. The summed E-state index contributed by atoms with van der Waals surface area (Å²) in [6.45, 7) is 0. The van der Waals surface area contributed by atoms with Crippen molar-refractivity contribution < 1.29 is 19.8 Å². The first kappa shape index (κ1) is 12.4. The average Bonchev–Trinajstić information content (AvgIpc) is 2.26. The Balaban J connectivity index is 2.02. The van der Waals surface area contributed by atoms with Crippen molar-refractivity contribution in [2.75, 3.05) is 5.32 Å². The molecule has 3 N–H and O–H groups in total. The molecule has 1 saturated carbocycles. The van der Waals surface area contributed by atoms with Crippen LogP contribution in [-0.2, 0) is 4.79 Å². The maximum Gasteiger partial charge on any atom is 0.339 e. The van der Waals surface area contributed by atoms with Crippen molar-refractivity contribution in [3.63, 3.8) is 0 Å². The quantitative estimate of drug-likeness (QED) is 0.714. The molecule has 18 heavy (non-hydrogen) atoms. The summed E-state index contributed by atoms with van der Waals surface area (Å²) < 4.78 is 0. The molecule has 0 saturated heterocycles. The van der Waals surface area contributed by atoms with Crippen LogP contribution in [0, 0.1) is 5.92 Å². The maximum absolute atomic E-state index is 11.7. The minimum Gasteiger partial charge on any atom is -0.507 e. The number of hydrogen-bond acceptors (Lipinski definition) is 3. The molecule has 0 spiro atoms. The summed E-state index contributed by atoms with van der Waals surface area (Å²) in [5.74, 6) is -1.18. The van der Waals surface area contributed by atoms with Crippen molar-refractivity contribution in [3.05, 3.63) is 23.8 Å². The first-order valence-electron chi connectivity index (χ1n) is 5.92. The van der Waals surface area contributed by atoms with Gasteiger partial charge < -0.3 is 15.5 Å². The first-order valence-corrected chi connectivity index (χ1v) is 5.92. The number of phenols is 1. The van der Waals surface area contributed by atoms with E-state index in [9.17, 15) is 14.7 Å². The number of amides is 1. The fraction of sp³-hybridized carbons (Fsp3) is 0.385. The van der Waals surface area contributed by atoms with E-state index in [1.165, 1.54) is 24.6 Å². The van der Waals surface area contributed by atoms with Gasteiger partial charge in [-0.25, -0.2) is 4.79 Å². The molecule has 96 valence electrons. The van der Waals surface area contributed by atoms with E-state index >= 15 is 0 Å². The van der Waals surface area contributed by atoms with Crippen molar-refractivity contribution in [1.82, 2.24) is 0 Å². The molecule has 5 nitrogen and oxygen atoms in total. The minimum atomic E-state index is -1.22. The third kappa shape index (κ3) is 2.80. The lowest BCUT2D eigenvalue weighted by Crippen LogP contribution is -2.21. The number of carboxylic acid groups (broad SMARTS) is 1. The first-order chi connectivity index (χ1) is 8.56. The van der Waals surface area contributed by atoms with Gasteiger partial charge in [0.15, 0.2) is 0 Å². The highest BCUT2D eigenvalue weighted by atomic mass is 16.4. The molecule has 0 heterocycles. The molecule has 1 aliphatic rings. The summed E-state index contributed by atoms with van der Waals surface area (Å²) in [4.78, 5) is 22.5. The van der Waals surface area contributed by atoms with Gasteiger partial charge in [-0.3, -0.25) is 4.79 Å². The number of carbonyl (C=O) groups is 2. The number of rotatable bonds is 4. The van der Waals surface area contributed by atoms with Gasteiger partial charge in [0.1, 0.15) is 11.3 Å². The van der Waals surface area contributed by atoms with Gasteiger partial charge in [-0.15, -0.1) is 0 Å². The number of carbonyl (C=O) groups excluding carboxylic acids is 1. The van der Waals surface area contributed by atoms with Gasteiger partial charge in [-0.05, 0) is 37.0 Å². The molecule has 1 aliphatic carbocycles. The van der Waals surface area contributed by atoms with Crippen LogP contribution in [0.15, 0.2) is 18.2 Å². The number of benzene rings is 1. The Kier molecular flexibility index (Phi) is 3.50. The molecule has 0 unspecified atom stereocenters. The number of anilines is 1. The van der Waals surface area contributed by atoms with Crippen molar-refractivity contribution in [2.45, 2.75) is 25.7 Å². The predicted molar refractivity (Wildman–Crippen MR) is 65.7 cm³/mol. The number of aromatic hydroxyl groups is 1. The number of aromatic carboxylic acids is 1. The lowest BCUT2D eigenvalue weighted by atomic mass is 9.83. The summed E-state index contributed by atoms with van der Waals surface area (Å²) >= 11 is 0. The molecular formula is C13H15NO4. The minimum absolute atomic E-state index is 0.110. The summed E-state index contributed by atoms with van der Waals surface area (Å²) in [6, 6.07) is 4.01. The fourth-order valence-electron chi connectivity index (χ4n) is 1.96. The smallest absolute Gasteiger partial charge is 0.339 e. The lowest BCUT2D eigenvalue weighted by Gasteiger charge is -2.24. The highest BCUT2D eigenvalue weighted by molar-refractivity contribution is 5.95. The van der Waals surface area contributed by atoms with E-state index in [0.29, 0.717) is 18.0 Å². The van der Waals surface area contributed by atoms with Crippen LogP contribution in [0.2, 0.25) is 0 Å². The molecule has 0 atom stereocenters.